The highest BCUT2D eigenvalue weighted by molar-refractivity contribution is 14.0. The molecule has 0 saturated carbocycles. The molecule has 148 valence electrons. The van der Waals surface area contributed by atoms with Crippen LogP contribution in [-0.4, -0.2) is 43.7 Å². The maximum atomic E-state index is 5.49. The SMILES string of the molecule is CCNC(=NCc1cccc(C)n1)N(C)Cc1ccc(OC)cc1OC.I. The molecule has 1 heterocycles. The Morgan fingerprint density at radius 3 is 2.59 bits per heavy atom. The van der Waals surface area contributed by atoms with E-state index in [0.717, 1.165) is 41.0 Å². The summed E-state index contributed by atoms with van der Waals surface area (Å²) in [6.07, 6.45) is 0. The second-order valence-electron chi connectivity index (χ2n) is 5.97. The lowest BCUT2D eigenvalue weighted by Gasteiger charge is -2.23. The first-order chi connectivity index (χ1) is 12.6. The number of hydrogen-bond acceptors (Lipinski definition) is 4. The average Bonchev–Trinajstić information content (AvgIpc) is 2.65. The lowest BCUT2D eigenvalue weighted by Crippen LogP contribution is -2.38. The van der Waals surface area contributed by atoms with E-state index in [1.54, 1.807) is 14.2 Å². The Hall–Kier alpha value is -2.03. The number of benzene rings is 1. The van der Waals surface area contributed by atoms with Gasteiger partial charge in [0.1, 0.15) is 11.5 Å². The van der Waals surface area contributed by atoms with Gasteiger partial charge in [0.15, 0.2) is 5.96 Å². The first-order valence-corrected chi connectivity index (χ1v) is 8.70. The number of aliphatic imine (C=N–C) groups is 1. The van der Waals surface area contributed by atoms with Crippen molar-refractivity contribution in [2.45, 2.75) is 26.9 Å². The van der Waals surface area contributed by atoms with Crippen molar-refractivity contribution in [1.82, 2.24) is 15.2 Å². The van der Waals surface area contributed by atoms with Crippen molar-refractivity contribution in [3.63, 3.8) is 0 Å². The van der Waals surface area contributed by atoms with E-state index < -0.39 is 0 Å². The van der Waals surface area contributed by atoms with E-state index in [4.69, 9.17) is 14.5 Å². The highest BCUT2D eigenvalue weighted by Crippen LogP contribution is 2.25. The molecule has 0 atom stereocenters. The molecule has 27 heavy (non-hydrogen) atoms. The van der Waals surface area contributed by atoms with Gasteiger partial charge in [-0.2, -0.15) is 0 Å². The van der Waals surface area contributed by atoms with E-state index >= 15 is 0 Å². The summed E-state index contributed by atoms with van der Waals surface area (Å²) in [7, 11) is 5.33. The number of ether oxygens (including phenoxy) is 2. The summed E-state index contributed by atoms with van der Waals surface area (Å²) in [4.78, 5) is 11.3. The molecule has 0 aliphatic carbocycles. The van der Waals surface area contributed by atoms with E-state index in [0.29, 0.717) is 13.1 Å². The molecule has 7 heteroatoms. The van der Waals surface area contributed by atoms with Crippen LogP contribution in [0.3, 0.4) is 0 Å². The minimum Gasteiger partial charge on any atom is -0.497 e. The Morgan fingerprint density at radius 2 is 1.96 bits per heavy atom. The van der Waals surface area contributed by atoms with Crippen LogP contribution in [0.25, 0.3) is 0 Å². The van der Waals surface area contributed by atoms with Crippen LogP contribution in [0, 0.1) is 6.92 Å². The van der Waals surface area contributed by atoms with Crippen molar-refractivity contribution in [1.29, 1.82) is 0 Å². The van der Waals surface area contributed by atoms with E-state index in [-0.39, 0.29) is 24.0 Å². The van der Waals surface area contributed by atoms with Crippen molar-refractivity contribution >= 4 is 29.9 Å². The summed E-state index contributed by atoms with van der Waals surface area (Å²) >= 11 is 0. The zero-order valence-corrected chi connectivity index (χ0v) is 19.0. The van der Waals surface area contributed by atoms with Gasteiger partial charge in [0.25, 0.3) is 0 Å². The minimum absolute atomic E-state index is 0. The van der Waals surface area contributed by atoms with Gasteiger partial charge < -0.3 is 19.7 Å². The topological polar surface area (TPSA) is 59.0 Å². The van der Waals surface area contributed by atoms with Crippen LogP contribution < -0.4 is 14.8 Å². The molecule has 0 fully saturated rings. The van der Waals surface area contributed by atoms with Gasteiger partial charge in [-0.3, -0.25) is 4.98 Å². The molecule has 1 N–H and O–H groups in total. The average molecular weight is 484 g/mol. The number of aryl methyl sites for hydroxylation is 1. The van der Waals surface area contributed by atoms with Crippen LogP contribution in [-0.2, 0) is 13.1 Å². The molecular weight excluding hydrogens is 455 g/mol. The van der Waals surface area contributed by atoms with Gasteiger partial charge in [-0.25, -0.2) is 4.99 Å². The number of hydrogen-bond donors (Lipinski definition) is 1. The van der Waals surface area contributed by atoms with Crippen molar-refractivity contribution in [3.05, 3.63) is 53.3 Å². The molecular formula is C20H29IN4O2. The van der Waals surface area contributed by atoms with E-state index in [1.807, 2.05) is 50.4 Å². The summed E-state index contributed by atoms with van der Waals surface area (Å²) in [6.45, 7) is 6.04. The molecule has 2 rings (SSSR count). The molecule has 6 nitrogen and oxygen atoms in total. The van der Waals surface area contributed by atoms with E-state index in [1.165, 1.54) is 0 Å². The molecule has 0 aliphatic heterocycles. The van der Waals surface area contributed by atoms with Crippen molar-refractivity contribution in [2.24, 2.45) is 4.99 Å². The largest absolute Gasteiger partial charge is 0.497 e. The highest BCUT2D eigenvalue weighted by Gasteiger charge is 2.11. The quantitative estimate of drug-likeness (QED) is 0.370. The first-order valence-electron chi connectivity index (χ1n) is 8.70. The third-order valence-electron chi connectivity index (χ3n) is 3.94. The first kappa shape index (κ1) is 23.0. The fourth-order valence-electron chi connectivity index (χ4n) is 2.63. The predicted octanol–water partition coefficient (Wildman–Crippen LogP) is 3.62. The third kappa shape index (κ3) is 6.89. The number of halogens is 1. The molecule has 0 unspecified atom stereocenters. The van der Waals surface area contributed by atoms with Crippen molar-refractivity contribution in [2.75, 3.05) is 27.8 Å². The smallest absolute Gasteiger partial charge is 0.194 e. The molecule has 0 spiro atoms. The normalized spacial score (nSPS) is 10.8. The van der Waals surface area contributed by atoms with Crippen molar-refractivity contribution < 1.29 is 9.47 Å². The molecule has 0 radical (unpaired) electrons. The molecule has 2 aromatic rings. The number of nitrogens with one attached hydrogen (secondary N) is 1. The second kappa shape index (κ2) is 11.6. The number of methoxy groups -OCH3 is 2. The maximum Gasteiger partial charge on any atom is 0.194 e. The van der Waals surface area contributed by atoms with Gasteiger partial charge >= 0.3 is 0 Å². The Labute approximate surface area is 179 Å². The Kier molecular flexibility index (Phi) is 9.92. The standard InChI is InChI=1S/C20H28N4O2.HI/c1-6-21-20(22-13-17-9-7-8-15(2)23-17)24(3)14-16-10-11-18(25-4)12-19(16)26-5;/h7-12H,6,13-14H2,1-5H3,(H,21,22);1H. The molecule has 0 saturated heterocycles. The summed E-state index contributed by atoms with van der Waals surface area (Å²) in [5.74, 6) is 2.40. The van der Waals surface area contributed by atoms with Gasteiger partial charge in [-0.1, -0.05) is 6.07 Å². The molecule has 1 aromatic heterocycles. The van der Waals surface area contributed by atoms with Gasteiger partial charge in [-0.15, -0.1) is 24.0 Å². The zero-order valence-electron chi connectivity index (χ0n) is 16.7. The molecule has 1 aromatic carbocycles. The predicted molar refractivity (Wildman–Crippen MR) is 120 cm³/mol. The van der Waals surface area contributed by atoms with E-state index in [2.05, 4.69) is 22.1 Å². The summed E-state index contributed by atoms with van der Waals surface area (Å²) in [6, 6.07) is 11.8. The monoisotopic (exact) mass is 484 g/mol. The molecule has 0 bridgehead atoms. The lowest BCUT2D eigenvalue weighted by molar-refractivity contribution is 0.382. The van der Waals surface area contributed by atoms with Crippen LogP contribution >= 0.6 is 24.0 Å². The summed E-state index contributed by atoms with van der Waals surface area (Å²) in [5.41, 5.74) is 3.02. The Bertz CT molecular complexity index is 753. The fourth-order valence-corrected chi connectivity index (χ4v) is 2.63. The summed E-state index contributed by atoms with van der Waals surface area (Å²) in [5, 5.41) is 3.33. The second-order valence-corrected chi connectivity index (χ2v) is 5.97. The van der Waals surface area contributed by atoms with Crippen LogP contribution in [0.4, 0.5) is 0 Å². The Morgan fingerprint density at radius 1 is 1.19 bits per heavy atom. The number of aromatic nitrogens is 1. The molecule has 0 amide bonds. The van der Waals surface area contributed by atoms with Crippen LogP contribution in [0.15, 0.2) is 41.4 Å². The third-order valence-corrected chi connectivity index (χ3v) is 3.94. The number of pyridine rings is 1. The number of rotatable bonds is 7. The zero-order chi connectivity index (χ0) is 18.9. The highest BCUT2D eigenvalue weighted by atomic mass is 127. The van der Waals surface area contributed by atoms with Crippen LogP contribution in [0.1, 0.15) is 23.9 Å². The van der Waals surface area contributed by atoms with E-state index in [9.17, 15) is 0 Å². The van der Waals surface area contributed by atoms with Gasteiger partial charge in [0, 0.05) is 37.5 Å². The Balaban J connectivity index is 0.00000364. The van der Waals surface area contributed by atoms with Crippen molar-refractivity contribution in [3.8, 4) is 11.5 Å². The van der Waals surface area contributed by atoms with Crippen LogP contribution in [0.5, 0.6) is 11.5 Å². The van der Waals surface area contributed by atoms with Gasteiger partial charge in [0.2, 0.25) is 0 Å². The van der Waals surface area contributed by atoms with Gasteiger partial charge in [0.05, 0.1) is 26.5 Å². The fraction of sp³-hybridized carbons (Fsp3) is 0.400. The number of nitrogens with zero attached hydrogens (tertiary/aromatic N) is 3. The number of guanidine groups is 1. The minimum atomic E-state index is 0. The maximum absolute atomic E-state index is 5.49. The molecule has 0 aliphatic rings. The summed E-state index contributed by atoms with van der Waals surface area (Å²) < 4.78 is 10.8. The lowest BCUT2D eigenvalue weighted by atomic mass is 10.2. The van der Waals surface area contributed by atoms with Gasteiger partial charge in [-0.05, 0) is 38.1 Å². The van der Waals surface area contributed by atoms with Crippen LogP contribution in [0.2, 0.25) is 0 Å².